The molecule has 6 heteroatoms. The summed E-state index contributed by atoms with van der Waals surface area (Å²) in [6.45, 7) is 4.79. The van der Waals surface area contributed by atoms with Crippen LogP contribution in [-0.4, -0.2) is 45.7 Å². The van der Waals surface area contributed by atoms with Crippen molar-refractivity contribution in [2.24, 2.45) is 0 Å². The molecule has 0 saturated carbocycles. The normalized spacial score (nSPS) is 21.8. The molecule has 0 aromatic heterocycles. The molecule has 2 aliphatic heterocycles. The molecule has 20 heavy (non-hydrogen) atoms. The molecule has 0 radical (unpaired) electrons. The Balaban J connectivity index is 1.56. The highest BCUT2D eigenvalue weighted by Gasteiger charge is 2.17. The second-order valence-corrected chi connectivity index (χ2v) is 5.65. The van der Waals surface area contributed by atoms with E-state index in [1.807, 2.05) is 6.07 Å². The Kier molecular flexibility index (Phi) is 4.77. The van der Waals surface area contributed by atoms with Gasteiger partial charge < -0.3 is 24.3 Å². The van der Waals surface area contributed by atoms with Gasteiger partial charge in [0.2, 0.25) is 0 Å². The Morgan fingerprint density at radius 3 is 2.90 bits per heavy atom. The van der Waals surface area contributed by atoms with Gasteiger partial charge in [-0.3, -0.25) is 0 Å². The lowest BCUT2D eigenvalue weighted by Crippen LogP contribution is -2.37. The summed E-state index contributed by atoms with van der Waals surface area (Å²) >= 11 is 3.52. The third-order valence-corrected chi connectivity index (χ3v) is 3.83. The number of benzene rings is 1. The van der Waals surface area contributed by atoms with Crippen molar-refractivity contribution >= 4 is 15.9 Å². The average Bonchev–Trinajstić information content (AvgIpc) is 2.48. The number of rotatable bonds is 4. The summed E-state index contributed by atoms with van der Waals surface area (Å²) in [4.78, 5) is 0. The molecule has 1 fully saturated rings. The highest BCUT2D eigenvalue weighted by Crippen LogP contribution is 2.38. The molecule has 5 nitrogen and oxygen atoms in total. The van der Waals surface area contributed by atoms with Crippen molar-refractivity contribution in [3.8, 4) is 11.5 Å². The molecule has 2 aliphatic rings. The fourth-order valence-corrected chi connectivity index (χ4v) is 2.90. The zero-order valence-corrected chi connectivity index (χ0v) is 12.8. The molecular formula is C14H18BrNO4. The van der Waals surface area contributed by atoms with E-state index in [2.05, 4.69) is 27.3 Å². The van der Waals surface area contributed by atoms with Crippen LogP contribution in [-0.2, 0) is 16.0 Å². The van der Waals surface area contributed by atoms with Crippen molar-refractivity contribution in [3.05, 3.63) is 22.2 Å². The van der Waals surface area contributed by atoms with Gasteiger partial charge in [-0.15, -0.1) is 0 Å². The standard InChI is InChI=1S/C14H18BrNO4/c15-12-5-10(6-13-14(12)20-4-3-19-13)7-16-8-11-9-17-1-2-18-11/h5-6,11,16H,1-4,7-9H2. The van der Waals surface area contributed by atoms with Crippen LogP contribution in [0.4, 0.5) is 0 Å². The van der Waals surface area contributed by atoms with E-state index in [4.69, 9.17) is 18.9 Å². The Bertz CT molecular complexity index is 463. The van der Waals surface area contributed by atoms with E-state index < -0.39 is 0 Å². The van der Waals surface area contributed by atoms with Crippen molar-refractivity contribution in [1.29, 1.82) is 0 Å². The molecule has 2 heterocycles. The van der Waals surface area contributed by atoms with Gasteiger partial charge in [0, 0.05) is 13.1 Å². The Hall–Kier alpha value is -0.820. The highest BCUT2D eigenvalue weighted by molar-refractivity contribution is 9.10. The van der Waals surface area contributed by atoms with Crippen molar-refractivity contribution in [2.45, 2.75) is 12.6 Å². The first-order valence-electron chi connectivity index (χ1n) is 6.81. The summed E-state index contributed by atoms with van der Waals surface area (Å²) in [6.07, 6.45) is 0.143. The molecule has 1 unspecified atom stereocenters. The summed E-state index contributed by atoms with van der Waals surface area (Å²) in [6, 6.07) is 4.07. The smallest absolute Gasteiger partial charge is 0.175 e. The number of halogens is 1. The van der Waals surface area contributed by atoms with Crippen molar-refractivity contribution in [3.63, 3.8) is 0 Å². The van der Waals surface area contributed by atoms with Crippen LogP contribution in [0, 0.1) is 0 Å². The van der Waals surface area contributed by atoms with E-state index in [1.54, 1.807) is 0 Å². The minimum atomic E-state index is 0.143. The third kappa shape index (κ3) is 3.44. The van der Waals surface area contributed by atoms with E-state index >= 15 is 0 Å². The third-order valence-electron chi connectivity index (χ3n) is 3.24. The number of nitrogens with one attached hydrogen (secondary N) is 1. The second kappa shape index (κ2) is 6.76. The van der Waals surface area contributed by atoms with Gasteiger partial charge in [-0.05, 0) is 33.6 Å². The molecule has 1 atom stereocenters. The molecular weight excluding hydrogens is 326 g/mol. The Morgan fingerprint density at radius 2 is 2.05 bits per heavy atom. The van der Waals surface area contributed by atoms with Crippen LogP contribution in [0.15, 0.2) is 16.6 Å². The average molecular weight is 344 g/mol. The zero-order chi connectivity index (χ0) is 13.8. The molecule has 3 rings (SSSR count). The summed E-state index contributed by atoms with van der Waals surface area (Å²) in [5, 5.41) is 3.38. The summed E-state index contributed by atoms with van der Waals surface area (Å²) in [7, 11) is 0. The van der Waals surface area contributed by atoms with Gasteiger partial charge in [-0.25, -0.2) is 0 Å². The molecule has 1 saturated heterocycles. The predicted molar refractivity (Wildman–Crippen MR) is 77.4 cm³/mol. The molecule has 1 aromatic carbocycles. The van der Waals surface area contributed by atoms with Crippen LogP contribution >= 0.6 is 15.9 Å². The number of hydrogen-bond donors (Lipinski definition) is 1. The fourth-order valence-electron chi connectivity index (χ4n) is 2.30. The maximum absolute atomic E-state index is 5.61. The maximum atomic E-state index is 5.61. The number of hydrogen-bond acceptors (Lipinski definition) is 5. The Labute approximate surface area is 126 Å². The van der Waals surface area contributed by atoms with E-state index in [-0.39, 0.29) is 6.10 Å². The lowest BCUT2D eigenvalue weighted by molar-refractivity contribution is -0.0864. The molecule has 0 bridgehead atoms. The van der Waals surface area contributed by atoms with Crippen LogP contribution in [0.5, 0.6) is 11.5 Å². The predicted octanol–water partition coefficient (Wildman–Crippen LogP) is 1.73. The number of ether oxygens (including phenoxy) is 4. The summed E-state index contributed by atoms with van der Waals surface area (Å²) in [5.74, 6) is 1.60. The van der Waals surface area contributed by atoms with Crippen molar-refractivity contribution in [1.82, 2.24) is 5.32 Å². The minimum Gasteiger partial charge on any atom is -0.486 e. The van der Waals surface area contributed by atoms with Crippen LogP contribution in [0.1, 0.15) is 5.56 Å². The molecule has 0 spiro atoms. The van der Waals surface area contributed by atoms with E-state index in [0.29, 0.717) is 33.0 Å². The lowest BCUT2D eigenvalue weighted by Gasteiger charge is -2.23. The van der Waals surface area contributed by atoms with Crippen LogP contribution in [0.25, 0.3) is 0 Å². The van der Waals surface area contributed by atoms with Crippen molar-refractivity contribution in [2.75, 3.05) is 39.6 Å². The first kappa shape index (κ1) is 14.1. The molecule has 1 aromatic rings. The van der Waals surface area contributed by atoms with Gasteiger partial charge in [0.15, 0.2) is 11.5 Å². The summed E-state index contributed by atoms with van der Waals surface area (Å²) < 4.78 is 23.1. The van der Waals surface area contributed by atoms with E-state index in [9.17, 15) is 0 Å². The molecule has 110 valence electrons. The first-order valence-corrected chi connectivity index (χ1v) is 7.60. The molecule has 0 amide bonds. The zero-order valence-electron chi connectivity index (χ0n) is 11.2. The van der Waals surface area contributed by atoms with Crippen LogP contribution in [0.2, 0.25) is 0 Å². The van der Waals surface area contributed by atoms with Crippen LogP contribution < -0.4 is 14.8 Å². The monoisotopic (exact) mass is 343 g/mol. The van der Waals surface area contributed by atoms with Gasteiger partial charge >= 0.3 is 0 Å². The van der Waals surface area contributed by atoms with Gasteiger partial charge in [-0.1, -0.05) is 0 Å². The van der Waals surface area contributed by atoms with E-state index in [0.717, 1.165) is 34.6 Å². The maximum Gasteiger partial charge on any atom is 0.175 e. The van der Waals surface area contributed by atoms with E-state index in [1.165, 1.54) is 0 Å². The highest BCUT2D eigenvalue weighted by atomic mass is 79.9. The fraction of sp³-hybridized carbons (Fsp3) is 0.571. The van der Waals surface area contributed by atoms with Gasteiger partial charge in [0.1, 0.15) is 13.2 Å². The first-order chi connectivity index (χ1) is 9.83. The topological polar surface area (TPSA) is 49.0 Å². The van der Waals surface area contributed by atoms with Gasteiger partial charge in [0.25, 0.3) is 0 Å². The molecule has 1 N–H and O–H groups in total. The largest absolute Gasteiger partial charge is 0.486 e. The molecule has 0 aliphatic carbocycles. The second-order valence-electron chi connectivity index (χ2n) is 4.80. The Morgan fingerprint density at radius 1 is 1.15 bits per heavy atom. The minimum absolute atomic E-state index is 0.143. The SMILES string of the molecule is Brc1cc(CNCC2COCCO2)cc2c1OCCO2. The summed E-state index contributed by atoms with van der Waals surface area (Å²) in [5.41, 5.74) is 1.15. The van der Waals surface area contributed by atoms with Gasteiger partial charge in [0.05, 0.1) is 30.4 Å². The van der Waals surface area contributed by atoms with Crippen molar-refractivity contribution < 1.29 is 18.9 Å². The lowest BCUT2D eigenvalue weighted by atomic mass is 10.2. The van der Waals surface area contributed by atoms with Gasteiger partial charge in [-0.2, -0.15) is 0 Å². The van der Waals surface area contributed by atoms with Crippen LogP contribution in [0.3, 0.4) is 0 Å². The quantitative estimate of drug-likeness (QED) is 0.902. The number of fused-ring (bicyclic) bond motifs is 1.